The first kappa shape index (κ1) is 18.7. The molecular weight excluding hydrogens is 412 g/mol. The van der Waals surface area contributed by atoms with Crippen molar-refractivity contribution in [3.63, 3.8) is 0 Å². The lowest BCUT2D eigenvalue weighted by Crippen LogP contribution is -2.04. The molecule has 0 spiro atoms. The van der Waals surface area contributed by atoms with Crippen molar-refractivity contribution in [3.8, 4) is 11.5 Å². The summed E-state index contributed by atoms with van der Waals surface area (Å²) in [6, 6.07) is 12.3. The van der Waals surface area contributed by atoms with Gasteiger partial charge < -0.3 is 14.8 Å². The number of benzene rings is 2. The van der Waals surface area contributed by atoms with Crippen LogP contribution in [-0.4, -0.2) is 11.6 Å². The Morgan fingerprint density at radius 1 is 1.19 bits per heavy atom. The highest BCUT2D eigenvalue weighted by Crippen LogP contribution is 2.37. The highest BCUT2D eigenvalue weighted by molar-refractivity contribution is 9.10. The number of ether oxygens (including phenoxy) is 2. The summed E-state index contributed by atoms with van der Waals surface area (Å²) < 4.78 is 12.8. The molecule has 0 bridgehead atoms. The molecular formula is C20H21BrN2O2S. The summed E-state index contributed by atoms with van der Waals surface area (Å²) in [4.78, 5) is 4.24. The SMILES string of the molecule is CCOc1cc(CNc2nccs2)cc(Br)c1OCc1ccccc1C. The molecule has 6 heteroatoms. The Morgan fingerprint density at radius 2 is 2.04 bits per heavy atom. The monoisotopic (exact) mass is 432 g/mol. The van der Waals surface area contributed by atoms with Crippen LogP contribution in [0.2, 0.25) is 0 Å². The summed E-state index contributed by atoms with van der Waals surface area (Å²) in [5.41, 5.74) is 3.47. The van der Waals surface area contributed by atoms with Gasteiger partial charge in [-0.1, -0.05) is 24.3 Å². The Kier molecular flexibility index (Phi) is 6.52. The van der Waals surface area contributed by atoms with Gasteiger partial charge in [-0.25, -0.2) is 4.98 Å². The fraction of sp³-hybridized carbons (Fsp3) is 0.250. The van der Waals surface area contributed by atoms with E-state index in [-0.39, 0.29) is 0 Å². The van der Waals surface area contributed by atoms with E-state index < -0.39 is 0 Å². The van der Waals surface area contributed by atoms with Crippen LogP contribution in [0.3, 0.4) is 0 Å². The largest absolute Gasteiger partial charge is 0.490 e. The number of hydrogen-bond acceptors (Lipinski definition) is 5. The van der Waals surface area contributed by atoms with Gasteiger partial charge in [0, 0.05) is 18.1 Å². The molecule has 0 unspecified atom stereocenters. The van der Waals surface area contributed by atoms with Crippen LogP contribution in [0, 0.1) is 6.92 Å². The zero-order valence-corrected chi connectivity index (χ0v) is 17.2. The summed E-state index contributed by atoms with van der Waals surface area (Å²) in [5.74, 6) is 1.47. The molecule has 0 saturated heterocycles. The van der Waals surface area contributed by atoms with E-state index in [0.717, 1.165) is 32.2 Å². The number of hydrogen-bond donors (Lipinski definition) is 1. The minimum atomic E-state index is 0.502. The van der Waals surface area contributed by atoms with E-state index in [2.05, 4.69) is 51.4 Å². The molecule has 4 nitrogen and oxygen atoms in total. The molecule has 1 aromatic heterocycles. The highest BCUT2D eigenvalue weighted by atomic mass is 79.9. The molecule has 0 aliphatic rings. The molecule has 0 amide bonds. The zero-order valence-electron chi connectivity index (χ0n) is 14.8. The van der Waals surface area contributed by atoms with Crippen LogP contribution < -0.4 is 14.8 Å². The lowest BCUT2D eigenvalue weighted by atomic mass is 10.1. The van der Waals surface area contributed by atoms with Crippen LogP contribution in [0.4, 0.5) is 5.13 Å². The second-order valence-corrected chi connectivity index (χ2v) is 7.49. The Balaban J connectivity index is 1.76. The number of aromatic nitrogens is 1. The molecule has 0 radical (unpaired) electrons. The standard InChI is InChI=1S/C20H21BrN2O2S/c1-3-24-18-11-15(12-23-20-22-8-9-26-20)10-17(21)19(18)25-13-16-7-5-4-6-14(16)2/h4-11H,3,12-13H2,1-2H3,(H,22,23). The van der Waals surface area contributed by atoms with Crippen molar-refractivity contribution in [3.05, 3.63) is 69.1 Å². The normalized spacial score (nSPS) is 10.6. The van der Waals surface area contributed by atoms with E-state index in [1.807, 2.05) is 30.5 Å². The van der Waals surface area contributed by atoms with Crippen LogP contribution in [0.1, 0.15) is 23.6 Å². The third-order valence-electron chi connectivity index (χ3n) is 3.88. The molecule has 0 aliphatic carbocycles. The molecule has 1 heterocycles. The van der Waals surface area contributed by atoms with Gasteiger partial charge in [-0.2, -0.15) is 0 Å². The molecule has 136 valence electrons. The van der Waals surface area contributed by atoms with Crippen LogP contribution >= 0.6 is 27.3 Å². The first-order valence-corrected chi connectivity index (χ1v) is 10.1. The number of halogens is 1. The fourth-order valence-corrected chi connectivity index (χ4v) is 3.67. The van der Waals surface area contributed by atoms with Crippen molar-refractivity contribution in [2.24, 2.45) is 0 Å². The topological polar surface area (TPSA) is 43.4 Å². The molecule has 0 aliphatic heterocycles. The predicted octanol–water partition coefficient (Wildman–Crippen LogP) is 5.80. The molecule has 0 atom stereocenters. The van der Waals surface area contributed by atoms with E-state index in [1.165, 1.54) is 5.56 Å². The summed E-state index contributed by atoms with van der Waals surface area (Å²) in [6.07, 6.45) is 1.79. The maximum Gasteiger partial charge on any atom is 0.182 e. The summed E-state index contributed by atoms with van der Waals surface area (Å²) in [6.45, 7) is 5.81. The van der Waals surface area contributed by atoms with Gasteiger partial charge in [0.1, 0.15) is 6.61 Å². The lowest BCUT2D eigenvalue weighted by Gasteiger charge is -2.16. The van der Waals surface area contributed by atoms with Crippen molar-refractivity contribution < 1.29 is 9.47 Å². The first-order chi connectivity index (χ1) is 12.7. The lowest BCUT2D eigenvalue weighted by molar-refractivity contribution is 0.267. The molecule has 1 N–H and O–H groups in total. The quantitative estimate of drug-likeness (QED) is 0.487. The van der Waals surface area contributed by atoms with Crippen LogP contribution in [0.15, 0.2) is 52.4 Å². The second kappa shape index (κ2) is 9.05. The maximum atomic E-state index is 6.09. The number of aryl methyl sites for hydroxylation is 1. The van der Waals surface area contributed by atoms with Gasteiger partial charge in [-0.15, -0.1) is 11.3 Å². The van der Waals surface area contributed by atoms with E-state index in [4.69, 9.17) is 9.47 Å². The van der Waals surface area contributed by atoms with Gasteiger partial charge in [-0.05, 0) is 58.6 Å². The Morgan fingerprint density at radius 3 is 2.77 bits per heavy atom. The number of nitrogens with one attached hydrogen (secondary N) is 1. The first-order valence-electron chi connectivity index (χ1n) is 8.43. The van der Waals surface area contributed by atoms with Crippen molar-refractivity contribution in [1.29, 1.82) is 0 Å². The summed E-state index contributed by atoms with van der Waals surface area (Å²) in [7, 11) is 0. The van der Waals surface area contributed by atoms with Crippen molar-refractivity contribution in [2.45, 2.75) is 27.0 Å². The van der Waals surface area contributed by atoms with Gasteiger partial charge in [-0.3, -0.25) is 0 Å². The Labute approximate surface area is 166 Å². The third kappa shape index (κ3) is 4.77. The Hall–Kier alpha value is -2.05. The summed E-state index contributed by atoms with van der Waals surface area (Å²) >= 11 is 5.21. The molecule has 0 saturated carbocycles. The van der Waals surface area contributed by atoms with Crippen LogP contribution in [0.25, 0.3) is 0 Å². The van der Waals surface area contributed by atoms with Gasteiger partial charge in [0.2, 0.25) is 0 Å². The van der Waals surface area contributed by atoms with Crippen LogP contribution in [0.5, 0.6) is 11.5 Å². The van der Waals surface area contributed by atoms with Gasteiger partial charge >= 0.3 is 0 Å². The smallest absolute Gasteiger partial charge is 0.182 e. The number of nitrogens with zero attached hydrogens (tertiary/aromatic N) is 1. The van der Waals surface area contributed by atoms with Crippen molar-refractivity contribution in [1.82, 2.24) is 4.98 Å². The fourth-order valence-electron chi connectivity index (χ4n) is 2.54. The van der Waals surface area contributed by atoms with Gasteiger partial charge in [0.25, 0.3) is 0 Å². The maximum absolute atomic E-state index is 6.09. The van der Waals surface area contributed by atoms with Gasteiger partial charge in [0.05, 0.1) is 11.1 Å². The van der Waals surface area contributed by atoms with Crippen molar-refractivity contribution >= 4 is 32.4 Å². The molecule has 0 fully saturated rings. The summed E-state index contributed by atoms with van der Waals surface area (Å²) in [5, 5.41) is 6.17. The average molecular weight is 433 g/mol. The third-order valence-corrected chi connectivity index (χ3v) is 5.20. The van der Waals surface area contributed by atoms with Gasteiger partial charge in [0.15, 0.2) is 16.6 Å². The molecule has 3 aromatic rings. The predicted molar refractivity (Wildman–Crippen MR) is 110 cm³/mol. The number of thiazole rings is 1. The molecule has 3 rings (SSSR count). The minimum absolute atomic E-state index is 0.502. The average Bonchev–Trinajstić information content (AvgIpc) is 3.14. The van der Waals surface area contributed by atoms with Crippen LogP contribution in [-0.2, 0) is 13.2 Å². The van der Waals surface area contributed by atoms with Crippen molar-refractivity contribution in [2.75, 3.05) is 11.9 Å². The number of rotatable bonds is 8. The second-order valence-electron chi connectivity index (χ2n) is 5.74. The van der Waals surface area contributed by atoms with E-state index >= 15 is 0 Å². The van der Waals surface area contributed by atoms with E-state index in [9.17, 15) is 0 Å². The number of anilines is 1. The molecule has 26 heavy (non-hydrogen) atoms. The minimum Gasteiger partial charge on any atom is -0.490 e. The Bertz CT molecular complexity index is 853. The van der Waals surface area contributed by atoms with E-state index in [1.54, 1.807) is 17.5 Å². The zero-order chi connectivity index (χ0) is 18.4. The highest BCUT2D eigenvalue weighted by Gasteiger charge is 2.13. The molecule has 2 aromatic carbocycles. The van der Waals surface area contributed by atoms with E-state index in [0.29, 0.717) is 19.8 Å².